The fourth-order valence-corrected chi connectivity index (χ4v) is 2.08. The maximum Gasteiger partial charge on any atom is 0.235 e. The first-order valence-corrected chi connectivity index (χ1v) is 6.53. The van der Waals surface area contributed by atoms with Gasteiger partial charge in [-0.05, 0) is 18.1 Å². The summed E-state index contributed by atoms with van der Waals surface area (Å²) in [5.41, 5.74) is 0.669. The minimum atomic E-state index is -0.221. The molecular formula is C15H16N2O3. The average Bonchev–Trinajstić information content (AvgIpc) is 2.38. The van der Waals surface area contributed by atoms with Gasteiger partial charge < -0.3 is 5.11 Å². The number of nitrogens with zero attached hydrogens (tertiary/aromatic N) is 2. The van der Waals surface area contributed by atoms with E-state index in [4.69, 9.17) is 5.11 Å². The lowest BCUT2D eigenvalue weighted by Crippen LogP contribution is -2.43. The van der Waals surface area contributed by atoms with Crippen LogP contribution in [-0.2, 0) is 9.59 Å². The Morgan fingerprint density at radius 1 is 1.40 bits per heavy atom. The van der Waals surface area contributed by atoms with Gasteiger partial charge in [0.05, 0.1) is 6.61 Å². The lowest BCUT2D eigenvalue weighted by molar-refractivity contribution is -0.130. The number of piperidine rings is 1. The highest BCUT2D eigenvalue weighted by molar-refractivity contribution is 6.16. The van der Waals surface area contributed by atoms with Crippen molar-refractivity contribution < 1.29 is 14.7 Å². The Morgan fingerprint density at radius 2 is 2.10 bits per heavy atom. The Labute approximate surface area is 117 Å². The molecule has 2 rings (SSSR count). The van der Waals surface area contributed by atoms with Gasteiger partial charge in [-0.25, -0.2) is 9.88 Å². The van der Waals surface area contributed by atoms with Crippen LogP contribution in [0.3, 0.4) is 0 Å². The van der Waals surface area contributed by atoms with Gasteiger partial charge in [0.15, 0.2) is 0 Å². The summed E-state index contributed by atoms with van der Waals surface area (Å²) in [5.74, 6) is 5.62. The van der Waals surface area contributed by atoms with Crippen molar-refractivity contribution in [2.75, 3.05) is 11.5 Å². The quantitative estimate of drug-likeness (QED) is 0.646. The van der Waals surface area contributed by atoms with E-state index in [9.17, 15) is 9.59 Å². The van der Waals surface area contributed by atoms with Crippen LogP contribution in [0.5, 0.6) is 0 Å². The first-order valence-electron chi connectivity index (χ1n) is 6.53. The summed E-state index contributed by atoms with van der Waals surface area (Å²) in [5, 5.41) is 8.68. The van der Waals surface area contributed by atoms with Gasteiger partial charge in [0.2, 0.25) is 11.8 Å². The molecule has 5 heteroatoms. The first-order chi connectivity index (χ1) is 9.61. The maximum absolute atomic E-state index is 12.0. The van der Waals surface area contributed by atoms with Crippen LogP contribution in [0.15, 0.2) is 18.3 Å². The molecule has 1 N–H and O–H groups in total. The fraction of sp³-hybridized carbons (Fsp3) is 0.400. The lowest BCUT2D eigenvalue weighted by Gasteiger charge is -2.27. The van der Waals surface area contributed by atoms with E-state index in [1.54, 1.807) is 12.1 Å². The normalized spacial score (nSPS) is 16.0. The van der Waals surface area contributed by atoms with Gasteiger partial charge in [-0.2, -0.15) is 0 Å². The Hall–Kier alpha value is -2.19. The SMILES string of the molecule is CC1CC(=O)N(c2cc(C#CCCO)ccn2)C(=O)C1. The van der Waals surface area contributed by atoms with Crippen LogP contribution >= 0.6 is 0 Å². The molecule has 5 nitrogen and oxygen atoms in total. The van der Waals surface area contributed by atoms with Gasteiger partial charge in [-0.15, -0.1) is 0 Å². The molecule has 0 radical (unpaired) electrons. The monoisotopic (exact) mass is 272 g/mol. The van der Waals surface area contributed by atoms with E-state index in [0.29, 0.717) is 30.6 Å². The van der Waals surface area contributed by atoms with Crippen molar-refractivity contribution in [1.29, 1.82) is 0 Å². The van der Waals surface area contributed by atoms with Crippen molar-refractivity contribution in [3.05, 3.63) is 23.9 Å². The van der Waals surface area contributed by atoms with Gasteiger partial charge in [0.1, 0.15) is 5.82 Å². The maximum atomic E-state index is 12.0. The Balaban J connectivity index is 2.25. The zero-order valence-electron chi connectivity index (χ0n) is 11.3. The zero-order valence-corrected chi connectivity index (χ0v) is 11.3. The molecule has 20 heavy (non-hydrogen) atoms. The lowest BCUT2D eigenvalue weighted by atomic mass is 9.98. The number of hydrogen-bond acceptors (Lipinski definition) is 4. The molecule has 0 aromatic carbocycles. The molecule has 1 saturated heterocycles. The number of carbonyl (C=O) groups is 2. The molecule has 2 amide bonds. The van der Waals surface area contributed by atoms with Gasteiger partial charge in [-0.3, -0.25) is 9.59 Å². The third-order valence-corrected chi connectivity index (χ3v) is 2.99. The van der Waals surface area contributed by atoms with E-state index in [-0.39, 0.29) is 24.3 Å². The van der Waals surface area contributed by atoms with Crippen LogP contribution in [0.1, 0.15) is 31.7 Å². The highest BCUT2D eigenvalue weighted by Crippen LogP contribution is 2.23. The van der Waals surface area contributed by atoms with Gasteiger partial charge >= 0.3 is 0 Å². The van der Waals surface area contributed by atoms with E-state index in [2.05, 4.69) is 16.8 Å². The molecule has 1 aliphatic heterocycles. The summed E-state index contributed by atoms with van der Waals surface area (Å²) in [6.45, 7) is 1.89. The Kier molecular flexibility index (Phi) is 4.49. The number of rotatable bonds is 2. The van der Waals surface area contributed by atoms with Crippen LogP contribution in [0.2, 0.25) is 0 Å². The van der Waals surface area contributed by atoms with Crippen molar-refractivity contribution in [2.45, 2.75) is 26.2 Å². The van der Waals surface area contributed by atoms with Crippen molar-refractivity contribution in [2.24, 2.45) is 5.92 Å². The number of pyridine rings is 1. The number of hydrogen-bond donors (Lipinski definition) is 1. The summed E-state index contributed by atoms with van der Waals surface area (Å²) >= 11 is 0. The van der Waals surface area contributed by atoms with Crippen LogP contribution in [0.25, 0.3) is 0 Å². The second-order valence-electron chi connectivity index (χ2n) is 4.81. The van der Waals surface area contributed by atoms with Crippen LogP contribution in [-0.4, -0.2) is 28.5 Å². The highest BCUT2D eigenvalue weighted by atomic mass is 16.2. The van der Waals surface area contributed by atoms with E-state index in [1.165, 1.54) is 6.20 Å². The van der Waals surface area contributed by atoms with E-state index in [0.717, 1.165) is 4.90 Å². The smallest absolute Gasteiger partial charge is 0.235 e. The zero-order chi connectivity index (χ0) is 14.5. The highest BCUT2D eigenvalue weighted by Gasteiger charge is 2.32. The summed E-state index contributed by atoms with van der Waals surface area (Å²) in [4.78, 5) is 29.2. The second-order valence-corrected chi connectivity index (χ2v) is 4.81. The minimum Gasteiger partial charge on any atom is -0.395 e. The number of aliphatic hydroxyl groups is 1. The molecule has 0 unspecified atom stereocenters. The molecule has 1 aromatic heterocycles. The Morgan fingerprint density at radius 3 is 2.75 bits per heavy atom. The summed E-state index contributed by atoms with van der Waals surface area (Å²) in [6, 6.07) is 3.32. The molecule has 0 bridgehead atoms. The van der Waals surface area contributed by atoms with Gasteiger partial charge in [0.25, 0.3) is 0 Å². The number of imide groups is 1. The third kappa shape index (κ3) is 3.22. The van der Waals surface area contributed by atoms with Crippen molar-refractivity contribution in [1.82, 2.24) is 4.98 Å². The van der Waals surface area contributed by atoms with E-state index < -0.39 is 0 Å². The standard InChI is InChI=1S/C15H16N2O3/c1-11-8-14(19)17(15(20)9-11)13-10-12(5-6-16-13)4-2-3-7-18/h5-6,10-11,18H,3,7-9H2,1H3. The van der Waals surface area contributed by atoms with Gasteiger partial charge in [0, 0.05) is 31.0 Å². The number of amides is 2. The molecule has 2 heterocycles. The van der Waals surface area contributed by atoms with Crippen molar-refractivity contribution in [3.8, 4) is 11.8 Å². The van der Waals surface area contributed by atoms with Crippen molar-refractivity contribution >= 4 is 17.6 Å². The molecule has 0 spiro atoms. The molecule has 1 fully saturated rings. The minimum absolute atomic E-state index is 0.00588. The number of carbonyl (C=O) groups excluding carboxylic acids is 2. The second kappa shape index (κ2) is 6.31. The average molecular weight is 272 g/mol. The molecular weight excluding hydrogens is 256 g/mol. The van der Waals surface area contributed by atoms with Gasteiger partial charge in [-0.1, -0.05) is 18.8 Å². The van der Waals surface area contributed by atoms with Crippen LogP contribution in [0.4, 0.5) is 5.82 Å². The number of aromatic nitrogens is 1. The number of aliphatic hydroxyl groups excluding tert-OH is 1. The topological polar surface area (TPSA) is 70.5 Å². The molecule has 0 atom stereocenters. The molecule has 104 valence electrons. The summed E-state index contributed by atoms with van der Waals surface area (Å²) in [6.07, 6.45) is 2.62. The molecule has 1 aromatic rings. The molecule has 0 saturated carbocycles. The third-order valence-electron chi connectivity index (χ3n) is 2.99. The first kappa shape index (κ1) is 14.2. The molecule has 0 aliphatic carbocycles. The van der Waals surface area contributed by atoms with Crippen LogP contribution < -0.4 is 4.90 Å². The molecule has 1 aliphatic rings. The number of anilines is 1. The summed E-state index contributed by atoms with van der Waals surface area (Å²) < 4.78 is 0. The predicted octanol–water partition coefficient (Wildman–Crippen LogP) is 1.10. The van der Waals surface area contributed by atoms with Crippen LogP contribution in [0, 0.1) is 17.8 Å². The predicted molar refractivity (Wildman–Crippen MR) is 73.7 cm³/mol. The van der Waals surface area contributed by atoms with E-state index >= 15 is 0 Å². The largest absolute Gasteiger partial charge is 0.395 e. The summed E-state index contributed by atoms with van der Waals surface area (Å²) in [7, 11) is 0. The fourth-order valence-electron chi connectivity index (χ4n) is 2.08. The Bertz CT molecular complexity index is 568. The van der Waals surface area contributed by atoms with E-state index in [1.807, 2.05) is 6.92 Å². The van der Waals surface area contributed by atoms with Crippen molar-refractivity contribution in [3.63, 3.8) is 0 Å².